The van der Waals surface area contributed by atoms with E-state index in [1.807, 2.05) is 24.3 Å². The number of hydrogen-bond acceptors (Lipinski definition) is 5. The molecule has 1 aromatic heterocycles. The Balaban J connectivity index is 2.59. The predicted octanol–water partition coefficient (Wildman–Crippen LogP) is 3.89. The van der Waals surface area contributed by atoms with Crippen LogP contribution in [0.4, 0.5) is 10.1 Å². The highest BCUT2D eigenvalue weighted by molar-refractivity contribution is 9.10. The second-order valence-corrected chi connectivity index (χ2v) is 5.03. The summed E-state index contributed by atoms with van der Waals surface area (Å²) in [6.07, 6.45) is 0. The molecule has 16 heavy (non-hydrogen) atoms. The Morgan fingerprint density at radius 3 is 3.00 bits per heavy atom. The lowest BCUT2D eigenvalue weighted by molar-refractivity contribution is 1.40. The molecule has 2 aromatic rings. The fourth-order valence-electron chi connectivity index (χ4n) is 1.27. The minimum atomic E-state index is 0.471. The highest BCUT2D eigenvalue weighted by atomic mass is 79.9. The van der Waals surface area contributed by atoms with Crippen LogP contribution in [-0.2, 0) is 0 Å². The van der Waals surface area contributed by atoms with Gasteiger partial charge in [0.1, 0.15) is 5.69 Å². The summed E-state index contributed by atoms with van der Waals surface area (Å²) in [5, 5.41) is 3.49. The van der Waals surface area contributed by atoms with Crippen LogP contribution >= 0.6 is 39.5 Å². The van der Waals surface area contributed by atoms with E-state index in [9.17, 15) is 0 Å². The molecule has 0 unspecified atom stereocenters. The number of aromatic nitrogens is 1. The van der Waals surface area contributed by atoms with Crippen molar-refractivity contribution in [3.8, 4) is 11.3 Å². The van der Waals surface area contributed by atoms with Gasteiger partial charge in [0.25, 0.3) is 0 Å². The van der Waals surface area contributed by atoms with Crippen molar-refractivity contribution in [2.45, 2.75) is 0 Å². The number of thiocarbonyl (C=S) groups is 1. The molecule has 1 heterocycles. The molecule has 0 bridgehead atoms. The number of thiazole rings is 1. The summed E-state index contributed by atoms with van der Waals surface area (Å²) in [6, 6.07) is 7.78. The maximum Gasteiger partial charge on any atom is 0.182 e. The Bertz CT molecular complexity index is 573. The summed E-state index contributed by atoms with van der Waals surface area (Å²) < 4.78 is 0.980. The van der Waals surface area contributed by atoms with Crippen molar-refractivity contribution in [1.82, 2.24) is 4.98 Å². The van der Waals surface area contributed by atoms with Crippen LogP contribution in [0.15, 0.2) is 33.7 Å². The first-order valence-electron chi connectivity index (χ1n) is 4.31. The number of anilines is 1. The van der Waals surface area contributed by atoms with Gasteiger partial charge in [0, 0.05) is 10.0 Å². The summed E-state index contributed by atoms with van der Waals surface area (Å²) in [6.45, 7) is 0. The number of halogens is 1. The van der Waals surface area contributed by atoms with E-state index < -0.39 is 0 Å². The molecule has 2 N–H and O–H groups in total. The molecule has 0 atom stereocenters. The molecule has 0 saturated carbocycles. The Kier molecular flexibility index (Phi) is 3.46. The van der Waals surface area contributed by atoms with Crippen LogP contribution in [0.3, 0.4) is 0 Å². The van der Waals surface area contributed by atoms with Gasteiger partial charge in [0.15, 0.2) is 10.1 Å². The molecule has 0 aliphatic heterocycles. The smallest absolute Gasteiger partial charge is 0.182 e. The third-order valence-corrected chi connectivity index (χ3v) is 3.23. The van der Waals surface area contributed by atoms with Gasteiger partial charge in [-0.2, -0.15) is 4.99 Å². The quantitative estimate of drug-likeness (QED) is 0.676. The molecular formula is C10H6BrN3S2. The van der Waals surface area contributed by atoms with E-state index in [4.69, 9.17) is 5.73 Å². The molecule has 0 saturated heterocycles. The molecule has 6 heteroatoms. The molecule has 2 rings (SSSR count). The fourth-order valence-corrected chi connectivity index (χ4v) is 2.50. The van der Waals surface area contributed by atoms with Crippen LogP contribution < -0.4 is 5.73 Å². The monoisotopic (exact) mass is 311 g/mol. The summed E-state index contributed by atoms with van der Waals surface area (Å²) in [7, 11) is 0. The summed E-state index contributed by atoms with van der Waals surface area (Å²) in [4.78, 5) is 8.20. The van der Waals surface area contributed by atoms with Gasteiger partial charge in [-0.3, -0.25) is 0 Å². The molecule has 0 aliphatic carbocycles. The summed E-state index contributed by atoms with van der Waals surface area (Å²) in [5.74, 6) is 0. The minimum absolute atomic E-state index is 0.471. The Morgan fingerprint density at radius 2 is 2.31 bits per heavy atom. The van der Waals surface area contributed by atoms with Gasteiger partial charge in [0.05, 0.1) is 5.16 Å². The first-order valence-corrected chi connectivity index (χ1v) is 6.32. The van der Waals surface area contributed by atoms with Crippen LogP contribution in [0.25, 0.3) is 11.3 Å². The number of isothiocyanates is 1. The molecule has 0 amide bonds. The normalized spacial score (nSPS) is 9.81. The summed E-state index contributed by atoms with van der Waals surface area (Å²) in [5.41, 5.74) is 7.35. The summed E-state index contributed by atoms with van der Waals surface area (Å²) >= 11 is 9.29. The third-order valence-electron chi connectivity index (χ3n) is 1.87. The minimum Gasteiger partial charge on any atom is -0.375 e. The molecule has 80 valence electrons. The standard InChI is InChI=1S/C10H6BrN3S2/c11-7-3-1-2-6(4-7)8-9(13-5-15)16-10(12)14-8/h1-4H,(H2,12,14). The van der Waals surface area contributed by atoms with Crippen molar-refractivity contribution < 1.29 is 0 Å². The Morgan fingerprint density at radius 1 is 1.50 bits per heavy atom. The highest BCUT2D eigenvalue weighted by Crippen LogP contribution is 2.37. The topological polar surface area (TPSA) is 51.3 Å². The Hall–Kier alpha value is -1.07. The lowest BCUT2D eigenvalue weighted by Crippen LogP contribution is -1.83. The van der Waals surface area contributed by atoms with Crippen LogP contribution in [0.5, 0.6) is 0 Å². The van der Waals surface area contributed by atoms with Crippen molar-refractivity contribution in [2.24, 2.45) is 4.99 Å². The van der Waals surface area contributed by atoms with Crippen molar-refractivity contribution in [1.29, 1.82) is 0 Å². The zero-order valence-electron chi connectivity index (χ0n) is 7.98. The first kappa shape index (κ1) is 11.4. The van der Waals surface area contributed by atoms with Gasteiger partial charge < -0.3 is 5.73 Å². The maximum absolute atomic E-state index is 5.66. The van der Waals surface area contributed by atoms with E-state index in [0.29, 0.717) is 10.1 Å². The number of aliphatic imine (C=N–C) groups is 1. The van der Waals surface area contributed by atoms with E-state index in [-0.39, 0.29) is 0 Å². The lowest BCUT2D eigenvalue weighted by atomic mass is 10.2. The number of hydrogen-bond donors (Lipinski definition) is 1. The Labute approximate surface area is 110 Å². The number of rotatable bonds is 2. The molecule has 1 aromatic carbocycles. The average molecular weight is 312 g/mol. The SMILES string of the molecule is Nc1nc(-c2cccc(Br)c2)c(N=C=S)s1. The van der Waals surface area contributed by atoms with Crippen LogP contribution in [-0.4, -0.2) is 10.1 Å². The van der Waals surface area contributed by atoms with Gasteiger partial charge in [-0.1, -0.05) is 39.4 Å². The van der Waals surface area contributed by atoms with E-state index in [2.05, 4.69) is 43.3 Å². The number of nitrogen functional groups attached to an aromatic ring is 1. The lowest BCUT2D eigenvalue weighted by Gasteiger charge is -1.98. The van der Waals surface area contributed by atoms with Crippen molar-refractivity contribution in [3.63, 3.8) is 0 Å². The van der Waals surface area contributed by atoms with E-state index in [0.717, 1.165) is 15.7 Å². The van der Waals surface area contributed by atoms with Crippen LogP contribution in [0.1, 0.15) is 0 Å². The van der Waals surface area contributed by atoms with E-state index in [1.54, 1.807) is 0 Å². The molecule has 0 fully saturated rings. The van der Waals surface area contributed by atoms with E-state index in [1.165, 1.54) is 11.3 Å². The number of benzene rings is 1. The van der Waals surface area contributed by atoms with Gasteiger partial charge in [-0.15, -0.1) is 0 Å². The highest BCUT2D eigenvalue weighted by Gasteiger charge is 2.10. The van der Waals surface area contributed by atoms with Crippen molar-refractivity contribution in [3.05, 3.63) is 28.7 Å². The second kappa shape index (κ2) is 4.84. The van der Waals surface area contributed by atoms with Crippen LogP contribution in [0, 0.1) is 0 Å². The number of nitrogens with zero attached hydrogens (tertiary/aromatic N) is 2. The fraction of sp³-hybridized carbons (Fsp3) is 0. The van der Waals surface area contributed by atoms with E-state index >= 15 is 0 Å². The molecule has 0 aliphatic rings. The van der Waals surface area contributed by atoms with Crippen molar-refractivity contribution >= 4 is 54.8 Å². The van der Waals surface area contributed by atoms with Gasteiger partial charge in [-0.25, -0.2) is 4.98 Å². The van der Waals surface area contributed by atoms with Gasteiger partial charge >= 0.3 is 0 Å². The average Bonchev–Trinajstić information content (AvgIpc) is 2.60. The first-order chi connectivity index (χ1) is 7.70. The van der Waals surface area contributed by atoms with Gasteiger partial charge in [-0.05, 0) is 24.4 Å². The largest absolute Gasteiger partial charge is 0.375 e. The predicted molar refractivity (Wildman–Crippen MR) is 74.3 cm³/mol. The zero-order valence-corrected chi connectivity index (χ0v) is 11.2. The molecular weight excluding hydrogens is 306 g/mol. The van der Waals surface area contributed by atoms with Crippen LogP contribution in [0.2, 0.25) is 0 Å². The van der Waals surface area contributed by atoms with Gasteiger partial charge in [0.2, 0.25) is 0 Å². The third kappa shape index (κ3) is 2.36. The molecule has 0 spiro atoms. The maximum atomic E-state index is 5.66. The molecule has 0 radical (unpaired) electrons. The second-order valence-electron chi connectivity index (χ2n) is 2.92. The molecule has 3 nitrogen and oxygen atoms in total. The number of nitrogens with two attached hydrogens (primary N) is 1. The van der Waals surface area contributed by atoms with Crippen molar-refractivity contribution in [2.75, 3.05) is 5.73 Å². The zero-order chi connectivity index (χ0) is 11.5.